The fourth-order valence-corrected chi connectivity index (χ4v) is 3.69. The number of hydrogen-bond acceptors (Lipinski definition) is 7. The molecule has 0 bridgehead atoms. The molecule has 33 heavy (non-hydrogen) atoms. The van der Waals surface area contributed by atoms with Gasteiger partial charge in [-0.1, -0.05) is 19.1 Å². The van der Waals surface area contributed by atoms with Crippen LogP contribution in [0.4, 0.5) is 11.8 Å². The van der Waals surface area contributed by atoms with E-state index in [2.05, 4.69) is 22.2 Å². The van der Waals surface area contributed by atoms with E-state index < -0.39 is 23.9 Å². The van der Waals surface area contributed by atoms with Crippen LogP contribution in [0.1, 0.15) is 48.0 Å². The summed E-state index contributed by atoms with van der Waals surface area (Å²) in [6, 6.07) is 7.43. The zero-order chi connectivity index (χ0) is 24.1. The predicted octanol–water partition coefficient (Wildman–Crippen LogP) is 1.84. The van der Waals surface area contributed by atoms with E-state index >= 15 is 0 Å². The minimum absolute atomic E-state index is 0.108. The van der Waals surface area contributed by atoms with Gasteiger partial charge in [0.2, 0.25) is 5.95 Å². The van der Waals surface area contributed by atoms with Crippen molar-refractivity contribution in [3.05, 3.63) is 47.7 Å². The molecule has 1 unspecified atom stereocenters. The van der Waals surface area contributed by atoms with Gasteiger partial charge in [-0.3, -0.25) is 9.59 Å². The van der Waals surface area contributed by atoms with Gasteiger partial charge in [0, 0.05) is 30.6 Å². The van der Waals surface area contributed by atoms with Crippen molar-refractivity contribution in [1.29, 1.82) is 0 Å². The highest BCUT2D eigenvalue weighted by atomic mass is 16.4. The smallest absolute Gasteiger partial charge is 0.326 e. The zero-order valence-electron chi connectivity index (χ0n) is 18.1. The molecule has 7 N–H and O–H groups in total. The van der Waals surface area contributed by atoms with Gasteiger partial charge in [-0.2, -0.15) is 4.98 Å². The molecular formula is C22H26N6O5. The van der Waals surface area contributed by atoms with Crippen LogP contribution in [0.3, 0.4) is 0 Å². The molecule has 2 aromatic heterocycles. The van der Waals surface area contributed by atoms with Gasteiger partial charge in [0.15, 0.2) is 5.82 Å². The van der Waals surface area contributed by atoms with Gasteiger partial charge in [0.05, 0.1) is 5.52 Å². The number of aromatic nitrogens is 3. The zero-order valence-corrected chi connectivity index (χ0v) is 18.1. The van der Waals surface area contributed by atoms with E-state index in [9.17, 15) is 19.5 Å². The maximum Gasteiger partial charge on any atom is 0.326 e. The van der Waals surface area contributed by atoms with Gasteiger partial charge in [0.25, 0.3) is 5.91 Å². The van der Waals surface area contributed by atoms with Crippen molar-refractivity contribution in [2.24, 2.45) is 0 Å². The highest BCUT2D eigenvalue weighted by Gasteiger charge is 2.22. The average molecular weight is 454 g/mol. The highest BCUT2D eigenvalue weighted by Crippen LogP contribution is 2.27. The maximum atomic E-state index is 12.5. The van der Waals surface area contributed by atoms with Gasteiger partial charge in [-0.15, -0.1) is 0 Å². The average Bonchev–Trinajstić information content (AvgIpc) is 3.17. The van der Waals surface area contributed by atoms with Crippen molar-refractivity contribution in [2.75, 3.05) is 11.5 Å². The second-order valence-corrected chi connectivity index (χ2v) is 7.69. The van der Waals surface area contributed by atoms with Crippen molar-refractivity contribution in [3.63, 3.8) is 0 Å². The number of nitrogens with zero attached hydrogens (tertiary/aromatic N) is 3. The van der Waals surface area contributed by atoms with Crippen molar-refractivity contribution in [3.8, 4) is 0 Å². The summed E-state index contributed by atoms with van der Waals surface area (Å²) in [5.74, 6) is -2.45. The van der Waals surface area contributed by atoms with Crippen LogP contribution in [0.15, 0.2) is 36.5 Å². The minimum Gasteiger partial charge on any atom is -0.481 e. The van der Waals surface area contributed by atoms with E-state index in [4.69, 9.17) is 16.6 Å². The van der Waals surface area contributed by atoms with Gasteiger partial charge in [0.1, 0.15) is 11.6 Å². The fourth-order valence-electron chi connectivity index (χ4n) is 3.69. The lowest BCUT2D eigenvalue weighted by atomic mass is 9.95. The third-order valence-electron chi connectivity index (χ3n) is 5.46. The van der Waals surface area contributed by atoms with Crippen LogP contribution >= 0.6 is 0 Å². The molecule has 3 rings (SSSR count). The Morgan fingerprint density at radius 1 is 1.09 bits per heavy atom. The Balaban J connectivity index is 1.73. The van der Waals surface area contributed by atoms with E-state index in [1.165, 1.54) is 0 Å². The van der Waals surface area contributed by atoms with Crippen LogP contribution < -0.4 is 16.8 Å². The SMILES string of the molecule is CCC(Cn1ccc2nc(N)nc(N)c21)c1ccc(C(=O)N[C@@H](CCC(=O)O)C(=O)O)cc1. The van der Waals surface area contributed by atoms with E-state index in [1.807, 2.05) is 29.0 Å². The molecule has 11 nitrogen and oxygen atoms in total. The molecule has 2 heterocycles. The summed E-state index contributed by atoms with van der Waals surface area (Å²) >= 11 is 0. The number of hydrogen-bond donors (Lipinski definition) is 5. The Kier molecular flexibility index (Phi) is 7.11. The van der Waals surface area contributed by atoms with Crippen LogP contribution in [-0.4, -0.2) is 48.6 Å². The third-order valence-corrected chi connectivity index (χ3v) is 5.46. The Morgan fingerprint density at radius 3 is 2.39 bits per heavy atom. The van der Waals surface area contributed by atoms with Crippen molar-refractivity contribution < 1.29 is 24.6 Å². The van der Waals surface area contributed by atoms with Crippen molar-refractivity contribution in [2.45, 2.75) is 44.7 Å². The highest BCUT2D eigenvalue weighted by molar-refractivity contribution is 5.96. The summed E-state index contributed by atoms with van der Waals surface area (Å²) in [7, 11) is 0. The molecule has 1 amide bonds. The summed E-state index contributed by atoms with van der Waals surface area (Å²) in [5.41, 5.74) is 14.4. The predicted molar refractivity (Wildman–Crippen MR) is 122 cm³/mol. The Hall–Kier alpha value is -4.15. The summed E-state index contributed by atoms with van der Waals surface area (Å²) in [6.07, 6.45) is 2.14. The Bertz CT molecular complexity index is 1170. The Morgan fingerprint density at radius 2 is 1.79 bits per heavy atom. The Labute approximate surface area is 189 Å². The fraction of sp³-hybridized carbons (Fsp3) is 0.318. The normalized spacial score (nSPS) is 12.9. The third kappa shape index (κ3) is 5.56. The number of benzene rings is 1. The van der Waals surface area contributed by atoms with Crippen molar-refractivity contribution in [1.82, 2.24) is 19.9 Å². The molecule has 0 aliphatic carbocycles. The van der Waals surface area contributed by atoms with E-state index in [0.717, 1.165) is 12.0 Å². The molecule has 174 valence electrons. The van der Waals surface area contributed by atoms with Crippen molar-refractivity contribution >= 4 is 40.6 Å². The van der Waals surface area contributed by atoms with Gasteiger partial charge in [-0.05, 0) is 36.6 Å². The lowest BCUT2D eigenvalue weighted by Crippen LogP contribution is -2.41. The molecule has 0 aliphatic heterocycles. The van der Waals surface area contributed by atoms with Crippen LogP contribution in [0.2, 0.25) is 0 Å². The molecular weight excluding hydrogens is 428 g/mol. The molecule has 11 heteroatoms. The molecule has 1 aromatic carbocycles. The molecule has 0 saturated carbocycles. The lowest BCUT2D eigenvalue weighted by molar-refractivity contribution is -0.140. The molecule has 3 aromatic rings. The van der Waals surface area contributed by atoms with E-state index in [-0.39, 0.29) is 30.3 Å². The van der Waals surface area contributed by atoms with Gasteiger partial charge < -0.3 is 31.6 Å². The summed E-state index contributed by atoms with van der Waals surface area (Å²) in [4.78, 5) is 42.7. The molecule has 0 saturated heterocycles. The quantitative estimate of drug-likeness (QED) is 0.304. The van der Waals surface area contributed by atoms with Crippen LogP contribution in [0, 0.1) is 0 Å². The number of amides is 1. The monoisotopic (exact) mass is 454 g/mol. The van der Waals surface area contributed by atoms with Gasteiger partial charge >= 0.3 is 11.9 Å². The topological polar surface area (TPSA) is 186 Å². The molecule has 0 fully saturated rings. The van der Waals surface area contributed by atoms with E-state index in [0.29, 0.717) is 23.4 Å². The first-order valence-corrected chi connectivity index (χ1v) is 10.4. The maximum absolute atomic E-state index is 12.5. The molecule has 0 spiro atoms. The number of anilines is 2. The number of nitrogen functional groups attached to an aromatic ring is 2. The number of carbonyl (C=O) groups excluding carboxylic acids is 1. The number of carbonyl (C=O) groups is 3. The molecule has 0 radical (unpaired) electrons. The van der Waals surface area contributed by atoms with E-state index in [1.54, 1.807) is 12.1 Å². The number of fused-ring (bicyclic) bond motifs is 1. The second-order valence-electron chi connectivity index (χ2n) is 7.69. The lowest BCUT2D eigenvalue weighted by Gasteiger charge is -2.18. The number of carboxylic acids is 2. The first-order chi connectivity index (χ1) is 15.7. The summed E-state index contributed by atoms with van der Waals surface area (Å²) < 4.78 is 1.97. The minimum atomic E-state index is -1.28. The first kappa shape index (κ1) is 23.5. The largest absolute Gasteiger partial charge is 0.481 e. The number of nitrogens with one attached hydrogen (secondary N) is 1. The van der Waals surface area contributed by atoms with Crippen LogP contribution in [0.25, 0.3) is 11.0 Å². The summed E-state index contributed by atoms with van der Waals surface area (Å²) in [5, 5.41) is 20.4. The van der Waals surface area contributed by atoms with Crippen LogP contribution in [0.5, 0.6) is 0 Å². The van der Waals surface area contributed by atoms with Gasteiger partial charge in [-0.25, -0.2) is 9.78 Å². The number of nitrogens with two attached hydrogens (primary N) is 2. The molecule has 2 atom stereocenters. The van der Waals surface area contributed by atoms with Crippen LogP contribution in [-0.2, 0) is 16.1 Å². The first-order valence-electron chi connectivity index (χ1n) is 10.4. The number of aliphatic carboxylic acids is 2. The number of carboxylic acid groups (broad SMARTS) is 2. The standard InChI is InChI=1S/C22H26N6O5/c1-2-12(11-28-10-9-15-18(28)19(23)27-22(24)26-15)13-3-5-14(6-4-13)20(31)25-16(21(32)33)7-8-17(29)30/h3-6,9-10,12,16H,2,7-8,11H2,1H3,(H,25,31)(H,29,30)(H,32,33)(H4,23,24,26,27)/t12?,16-/m0/s1. The molecule has 0 aliphatic rings. The summed E-state index contributed by atoms with van der Waals surface area (Å²) in [6.45, 7) is 2.66. The number of rotatable bonds is 10. The second kappa shape index (κ2) is 9.98.